The number of hydrogen-bond donors (Lipinski definition) is 0. The van der Waals surface area contributed by atoms with Crippen LogP contribution in [0.25, 0.3) is 10.9 Å². The first-order valence-electron chi connectivity index (χ1n) is 5.49. The minimum atomic E-state index is -4.37. The SMILES string of the molecule is FC(F)(F)c1ccc2c(C3CC3)nc(Cl)nc2c1. The van der Waals surface area contributed by atoms with Gasteiger partial charge in [-0.2, -0.15) is 13.2 Å². The van der Waals surface area contributed by atoms with E-state index in [0.717, 1.165) is 30.7 Å². The Labute approximate surface area is 106 Å². The van der Waals surface area contributed by atoms with Crippen molar-refractivity contribution in [3.05, 3.63) is 34.7 Å². The van der Waals surface area contributed by atoms with E-state index < -0.39 is 11.7 Å². The molecule has 0 atom stereocenters. The van der Waals surface area contributed by atoms with Crippen molar-refractivity contribution in [1.29, 1.82) is 0 Å². The van der Waals surface area contributed by atoms with Crippen molar-refractivity contribution in [1.82, 2.24) is 9.97 Å². The number of halogens is 4. The minimum absolute atomic E-state index is 0.00345. The number of hydrogen-bond acceptors (Lipinski definition) is 2. The summed E-state index contributed by atoms with van der Waals surface area (Å²) in [4.78, 5) is 8.00. The van der Waals surface area contributed by atoms with Crippen LogP contribution < -0.4 is 0 Å². The van der Waals surface area contributed by atoms with Crippen molar-refractivity contribution >= 4 is 22.5 Å². The lowest BCUT2D eigenvalue weighted by Crippen LogP contribution is -2.05. The fraction of sp³-hybridized carbons (Fsp3) is 0.333. The molecule has 0 amide bonds. The monoisotopic (exact) mass is 272 g/mol. The highest BCUT2D eigenvalue weighted by atomic mass is 35.5. The van der Waals surface area contributed by atoms with Crippen LogP contribution in [0.2, 0.25) is 5.28 Å². The Balaban J connectivity index is 2.22. The number of nitrogens with zero attached hydrogens (tertiary/aromatic N) is 2. The zero-order valence-corrected chi connectivity index (χ0v) is 9.89. The summed E-state index contributed by atoms with van der Waals surface area (Å²) in [5.74, 6) is 0.310. The van der Waals surface area contributed by atoms with E-state index in [0.29, 0.717) is 11.3 Å². The third-order valence-corrected chi connectivity index (χ3v) is 3.16. The molecule has 2 aromatic rings. The van der Waals surface area contributed by atoms with E-state index in [2.05, 4.69) is 9.97 Å². The van der Waals surface area contributed by atoms with Gasteiger partial charge in [0.25, 0.3) is 0 Å². The van der Waals surface area contributed by atoms with Crippen molar-refractivity contribution in [2.45, 2.75) is 24.9 Å². The van der Waals surface area contributed by atoms with Crippen molar-refractivity contribution in [3.63, 3.8) is 0 Å². The van der Waals surface area contributed by atoms with Crippen LogP contribution in [0, 0.1) is 0 Å². The van der Waals surface area contributed by atoms with Gasteiger partial charge in [0.1, 0.15) is 0 Å². The van der Waals surface area contributed by atoms with Crippen LogP contribution in [-0.4, -0.2) is 9.97 Å². The number of benzene rings is 1. The molecule has 0 saturated heterocycles. The molecule has 1 aromatic heterocycles. The summed E-state index contributed by atoms with van der Waals surface area (Å²) in [5, 5.41) is 0.665. The summed E-state index contributed by atoms with van der Waals surface area (Å²) in [6.45, 7) is 0. The van der Waals surface area contributed by atoms with E-state index >= 15 is 0 Å². The largest absolute Gasteiger partial charge is 0.416 e. The fourth-order valence-corrected chi connectivity index (χ4v) is 2.15. The van der Waals surface area contributed by atoms with E-state index in [1.807, 2.05) is 0 Å². The van der Waals surface area contributed by atoms with Crippen molar-refractivity contribution < 1.29 is 13.2 Å². The normalized spacial score (nSPS) is 16.2. The first-order valence-corrected chi connectivity index (χ1v) is 5.87. The Hall–Kier alpha value is -1.36. The fourth-order valence-electron chi connectivity index (χ4n) is 1.97. The van der Waals surface area contributed by atoms with E-state index in [9.17, 15) is 13.2 Å². The van der Waals surface area contributed by atoms with Crippen LogP contribution in [0.15, 0.2) is 18.2 Å². The average Bonchev–Trinajstić information content (AvgIpc) is 3.09. The van der Waals surface area contributed by atoms with Gasteiger partial charge in [-0.25, -0.2) is 9.97 Å². The molecule has 1 aromatic carbocycles. The van der Waals surface area contributed by atoms with Gasteiger partial charge in [-0.1, -0.05) is 6.07 Å². The third-order valence-electron chi connectivity index (χ3n) is 2.99. The molecule has 0 bridgehead atoms. The molecule has 0 N–H and O–H groups in total. The smallest absolute Gasteiger partial charge is 0.222 e. The van der Waals surface area contributed by atoms with Crippen LogP contribution >= 0.6 is 11.6 Å². The molecule has 94 valence electrons. The van der Waals surface area contributed by atoms with Crippen LogP contribution in [0.5, 0.6) is 0 Å². The first kappa shape index (κ1) is 11.7. The van der Waals surface area contributed by atoms with Crippen molar-refractivity contribution in [2.24, 2.45) is 0 Å². The first-order chi connectivity index (χ1) is 8.45. The van der Waals surface area contributed by atoms with E-state index in [-0.39, 0.29) is 10.8 Å². The van der Waals surface area contributed by atoms with Gasteiger partial charge >= 0.3 is 6.18 Å². The van der Waals surface area contributed by atoms with Gasteiger partial charge in [-0.05, 0) is 36.6 Å². The lowest BCUT2D eigenvalue weighted by Gasteiger charge is -2.09. The molecule has 1 saturated carbocycles. The van der Waals surface area contributed by atoms with Crippen molar-refractivity contribution in [3.8, 4) is 0 Å². The molecular weight excluding hydrogens is 265 g/mol. The van der Waals surface area contributed by atoms with Gasteiger partial charge in [0, 0.05) is 11.3 Å². The maximum atomic E-state index is 12.6. The summed E-state index contributed by atoms with van der Waals surface area (Å²) in [6.07, 6.45) is -2.36. The summed E-state index contributed by atoms with van der Waals surface area (Å²) >= 11 is 5.76. The van der Waals surface area contributed by atoms with Crippen LogP contribution in [0.3, 0.4) is 0 Å². The summed E-state index contributed by atoms with van der Waals surface area (Å²) in [5.41, 5.74) is 0.303. The molecule has 0 aliphatic heterocycles. The highest BCUT2D eigenvalue weighted by Crippen LogP contribution is 2.42. The number of rotatable bonds is 1. The maximum Gasteiger partial charge on any atom is 0.416 e. The van der Waals surface area contributed by atoms with Gasteiger partial charge in [0.05, 0.1) is 16.8 Å². The third kappa shape index (κ3) is 2.03. The zero-order valence-electron chi connectivity index (χ0n) is 9.13. The average molecular weight is 273 g/mol. The number of fused-ring (bicyclic) bond motifs is 1. The summed E-state index contributed by atoms with van der Waals surface area (Å²) in [7, 11) is 0. The number of alkyl halides is 3. The van der Waals surface area contributed by atoms with E-state index in [4.69, 9.17) is 11.6 Å². The molecule has 0 radical (unpaired) electrons. The van der Waals surface area contributed by atoms with Crippen molar-refractivity contribution in [2.75, 3.05) is 0 Å². The molecule has 3 rings (SSSR count). The topological polar surface area (TPSA) is 25.8 Å². The second kappa shape index (κ2) is 3.82. The van der Waals surface area contributed by atoms with E-state index in [1.165, 1.54) is 6.07 Å². The second-order valence-electron chi connectivity index (χ2n) is 4.38. The maximum absolute atomic E-state index is 12.6. The Kier molecular flexibility index (Phi) is 2.48. The molecule has 1 aliphatic carbocycles. The lowest BCUT2D eigenvalue weighted by atomic mass is 10.1. The molecular formula is C12H8ClF3N2. The Bertz CT molecular complexity index is 620. The predicted molar refractivity (Wildman–Crippen MR) is 61.5 cm³/mol. The molecule has 6 heteroatoms. The summed E-state index contributed by atoms with van der Waals surface area (Å²) in [6, 6.07) is 3.52. The van der Waals surface area contributed by atoms with Gasteiger partial charge in [-0.15, -0.1) is 0 Å². The second-order valence-corrected chi connectivity index (χ2v) is 4.72. The Morgan fingerprint density at radius 1 is 1.17 bits per heavy atom. The Morgan fingerprint density at radius 2 is 1.89 bits per heavy atom. The molecule has 18 heavy (non-hydrogen) atoms. The van der Waals surface area contributed by atoms with Gasteiger partial charge in [0.2, 0.25) is 5.28 Å². The van der Waals surface area contributed by atoms with E-state index in [1.54, 1.807) is 0 Å². The summed E-state index contributed by atoms with van der Waals surface area (Å²) < 4.78 is 37.8. The highest BCUT2D eigenvalue weighted by molar-refractivity contribution is 6.28. The Morgan fingerprint density at radius 3 is 2.50 bits per heavy atom. The lowest BCUT2D eigenvalue weighted by molar-refractivity contribution is -0.137. The minimum Gasteiger partial charge on any atom is -0.222 e. The van der Waals surface area contributed by atoms with Gasteiger partial charge in [-0.3, -0.25) is 0 Å². The standard InChI is InChI=1S/C12H8ClF3N2/c13-11-17-9-5-7(12(14,15)16)3-4-8(9)10(18-11)6-1-2-6/h3-6H,1-2H2. The molecule has 0 unspecified atom stereocenters. The zero-order chi connectivity index (χ0) is 12.9. The molecule has 1 heterocycles. The predicted octanol–water partition coefficient (Wildman–Crippen LogP) is 4.18. The molecule has 0 spiro atoms. The number of aromatic nitrogens is 2. The van der Waals surface area contributed by atoms with Gasteiger partial charge < -0.3 is 0 Å². The van der Waals surface area contributed by atoms with Gasteiger partial charge in [0.15, 0.2) is 0 Å². The highest BCUT2D eigenvalue weighted by Gasteiger charge is 2.32. The van der Waals surface area contributed by atoms with Crippen LogP contribution in [-0.2, 0) is 6.18 Å². The van der Waals surface area contributed by atoms with Crippen LogP contribution in [0.1, 0.15) is 30.0 Å². The quantitative estimate of drug-likeness (QED) is 0.728. The van der Waals surface area contributed by atoms with Crippen LogP contribution in [0.4, 0.5) is 13.2 Å². The molecule has 2 nitrogen and oxygen atoms in total. The molecule has 1 fully saturated rings. The molecule has 1 aliphatic rings.